The monoisotopic (exact) mass is 708 g/mol. The molecule has 0 radical (unpaired) electrons. The quantitative estimate of drug-likeness (QED) is 0.170. The van der Waals surface area contributed by atoms with Crippen molar-refractivity contribution in [1.29, 1.82) is 0 Å². The van der Waals surface area contributed by atoms with Crippen molar-refractivity contribution in [3.05, 3.63) is 194 Å². The van der Waals surface area contributed by atoms with Crippen molar-refractivity contribution in [2.24, 2.45) is 0 Å². The summed E-state index contributed by atoms with van der Waals surface area (Å²) < 4.78 is 0. The third-order valence-electron chi connectivity index (χ3n) is 11.7. The molecule has 56 heavy (non-hydrogen) atoms. The third-order valence-corrected chi connectivity index (χ3v) is 11.7. The van der Waals surface area contributed by atoms with Gasteiger partial charge in [-0.15, -0.1) is 0 Å². The molecule has 2 nitrogen and oxygen atoms in total. The van der Waals surface area contributed by atoms with Gasteiger partial charge >= 0.3 is 0 Å². The molecule has 0 spiro atoms. The van der Waals surface area contributed by atoms with Crippen LogP contribution in [0.1, 0.15) is 0 Å². The van der Waals surface area contributed by atoms with Gasteiger partial charge in [0.2, 0.25) is 0 Å². The molecule has 0 unspecified atom stereocenters. The van der Waals surface area contributed by atoms with Crippen LogP contribution in [0.15, 0.2) is 194 Å². The van der Waals surface area contributed by atoms with E-state index < -0.39 is 0 Å². The lowest BCUT2D eigenvalue weighted by atomic mass is 9.86. The highest BCUT2D eigenvalue weighted by atomic mass is 14.9. The average Bonchev–Trinajstić information content (AvgIpc) is 3.27. The van der Waals surface area contributed by atoms with Crippen LogP contribution in [0.3, 0.4) is 0 Å². The van der Waals surface area contributed by atoms with Gasteiger partial charge in [-0.25, -0.2) is 9.97 Å². The Morgan fingerprint density at radius 1 is 0.250 bits per heavy atom. The molecule has 12 aromatic rings. The zero-order chi connectivity index (χ0) is 36.7. The molecule has 0 aliphatic carbocycles. The van der Waals surface area contributed by atoms with Crippen LogP contribution in [0, 0.1) is 0 Å². The van der Waals surface area contributed by atoms with E-state index in [-0.39, 0.29) is 0 Å². The lowest BCUT2D eigenvalue weighted by molar-refractivity contribution is 1.18. The zero-order valence-electron chi connectivity index (χ0n) is 30.4. The van der Waals surface area contributed by atoms with Crippen molar-refractivity contribution in [3.63, 3.8) is 0 Å². The van der Waals surface area contributed by atoms with Gasteiger partial charge < -0.3 is 0 Å². The second-order valence-corrected chi connectivity index (χ2v) is 14.9. The van der Waals surface area contributed by atoms with Gasteiger partial charge in [0.15, 0.2) is 5.82 Å². The maximum absolute atomic E-state index is 5.22. The van der Waals surface area contributed by atoms with Gasteiger partial charge in [-0.3, -0.25) is 0 Å². The summed E-state index contributed by atoms with van der Waals surface area (Å²) in [5, 5.41) is 17.8. The van der Waals surface area contributed by atoms with Crippen LogP contribution in [-0.2, 0) is 0 Å². The summed E-state index contributed by atoms with van der Waals surface area (Å²) in [4.78, 5) is 10.4. The highest BCUT2D eigenvalue weighted by molar-refractivity contribution is 6.37. The number of rotatable bonds is 4. The number of fused-ring (bicyclic) bond motifs is 3. The Balaban J connectivity index is 1.12. The van der Waals surface area contributed by atoms with Gasteiger partial charge in [-0.2, -0.15) is 0 Å². The molecule has 12 rings (SSSR count). The van der Waals surface area contributed by atoms with Gasteiger partial charge in [0.25, 0.3) is 0 Å². The van der Waals surface area contributed by atoms with Crippen molar-refractivity contribution in [2.45, 2.75) is 0 Å². The number of aromatic nitrogens is 2. The first-order chi connectivity index (χ1) is 27.7. The van der Waals surface area contributed by atoms with Crippen LogP contribution in [0.4, 0.5) is 0 Å². The summed E-state index contributed by atoms with van der Waals surface area (Å²) in [6.07, 6.45) is 0. The van der Waals surface area contributed by atoms with E-state index in [0.717, 1.165) is 33.6 Å². The summed E-state index contributed by atoms with van der Waals surface area (Å²) in [5.41, 5.74) is 7.26. The fraction of sp³-hybridized carbons (Fsp3) is 0. The largest absolute Gasteiger partial charge is 0.228 e. The number of hydrogen-bond donors (Lipinski definition) is 0. The Morgan fingerprint density at radius 2 is 0.750 bits per heavy atom. The van der Waals surface area contributed by atoms with E-state index in [9.17, 15) is 0 Å². The van der Waals surface area contributed by atoms with Crippen LogP contribution in [0.25, 0.3) is 120 Å². The maximum Gasteiger partial charge on any atom is 0.160 e. The van der Waals surface area contributed by atoms with Crippen molar-refractivity contribution in [1.82, 2.24) is 9.97 Å². The first-order valence-corrected chi connectivity index (χ1v) is 19.2. The van der Waals surface area contributed by atoms with Crippen molar-refractivity contribution >= 4 is 75.4 Å². The molecule has 11 aromatic carbocycles. The Labute approximate surface area is 323 Å². The first kappa shape index (κ1) is 31.0. The summed E-state index contributed by atoms with van der Waals surface area (Å²) in [5.74, 6) is 0.712. The molecule has 0 aliphatic rings. The fourth-order valence-electron chi connectivity index (χ4n) is 9.21. The van der Waals surface area contributed by atoms with E-state index in [2.05, 4.69) is 176 Å². The van der Waals surface area contributed by atoms with Crippen LogP contribution in [-0.4, -0.2) is 9.97 Å². The SMILES string of the molecule is c1ccc(-c2nc(-c3cccc(-c4cc5ccc6cccc7c8cccc9ccc%10cccc(c(c4)c5c67)c%10c98)c3)cc(-c3cccc4ccccc34)n2)cc1. The molecule has 1 heterocycles. The van der Waals surface area contributed by atoms with Gasteiger partial charge in [0.05, 0.1) is 11.4 Å². The summed E-state index contributed by atoms with van der Waals surface area (Å²) in [6.45, 7) is 0. The molecule has 0 fully saturated rings. The Hall–Kier alpha value is -7.42. The van der Waals surface area contributed by atoms with E-state index in [4.69, 9.17) is 9.97 Å². The minimum Gasteiger partial charge on any atom is -0.228 e. The second-order valence-electron chi connectivity index (χ2n) is 14.9. The molecule has 0 atom stereocenters. The Morgan fingerprint density at radius 3 is 1.48 bits per heavy atom. The average molecular weight is 709 g/mol. The van der Waals surface area contributed by atoms with E-state index in [0.29, 0.717) is 5.82 Å². The molecule has 0 aliphatic heterocycles. The first-order valence-electron chi connectivity index (χ1n) is 19.2. The highest BCUT2D eigenvalue weighted by Crippen LogP contribution is 2.44. The summed E-state index contributed by atoms with van der Waals surface area (Å²) >= 11 is 0. The van der Waals surface area contributed by atoms with E-state index in [1.54, 1.807) is 0 Å². The zero-order valence-corrected chi connectivity index (χ0v) is 30.4. The van der Waals surface area contributed by atoms with Gasteiger partial charge in [0, 0.05) is 16.7 Å². The Bertz CT molecular complexity index is 3520. The highest BCUT2D eigenvalue weighted by Gasteiger charge is 2.18. The molecular formula is C54H32N2. The lowest BCUT2D eigenvalue weighted by Crippen LogP contribution is -1.96. The molecule has 0 saturated heterocycles. The van der Waals surface area contributed by atoms with Gasteiger partial charge in [-0.05, 0) is 111 Å². The van der Waals surface area contributed by atoms with Crippen molar-refractivity contribution < 1.29 is 0 Å². The number of benzene rings is 10. The smallest absolute Gasteiger partial charge is 0.160 e. The topological polar surface area (TPSA) is 25.8 Å². The van der Waals surface area contributed by atoms with E-state index in [1.807, 2.05) is 18.2 Å². The van der Waals surface area contributed by atoms with Crippen LogP contribution in [0.5, 0.6) is 0 Å². The minimum absolute atomic E-state index is 0.712. The number of hydrogen-bond acceptors (Lipinski definition) is 2. The molecule has 0 bridgehead atoms. The van der Waals surface area contributed by atoms with Crippen molar-refractivity contribution in [3.8, 4) is 45.0 Å². The molecule has 2 heteroatoms. The standard InChI is InChI=1S/C54H32N2/c1-2-12-37(13-3-1)54-55-48(32-49(56-54)43-21-7-14-33-11-4-5-20-42(33)43)39-19-6-18-38(29-39)41-30-40-28-27-36-16-9-23-45-44-22-8-15-34-25-26-35-17-10-24-46(52(35)50(34)44)47(31-41)53(40)51(36)45/h1-32H. The molecular weight excluding hydrogens is 677 g/mol. The third kappa shape index (κ3) is 4.69. The van der Waals surface area contributed by atoms with Crippen LogP contribution in [0.2, 0.25) is 0 Å². The summed E-state index contributed by atoms with van der Waals surface area (Å²) in [6, 6.07) is 70.5. The van der Waals surface area contributed by atoms with Crippen LogP contribution < -0.4 is 0 Å². The molecule has 1 aromatic heterocycles. The van der Waals surface area contributed by atoms with Gasteiger partial charge in [0.1, 0.15) is 0 Å². The molecule has 0 amide bonds. The normalized spacial score (nSPS) is 11.9. The molecule has 0 N–H and O–H groups in total. The summed E-state index contributed by atoms with van der Waals surface area (Å²) in [7, 11) is 0. The van der Waals surface area contributed by atoms with Crippen LogP contribution >= 0.6 is 0 Å². The van der Waals surface area contributed by atoms with E-state index in [1.165, 1.54) is 81.0 Å². The lowest BCUT2D eigenvalue weighted by Gasteiger charge is -2.17. The Kier molecular flexibility index (Phi) is 6.66. The molecule has 258 valence electrons. The fourth-order valence-corrected chi connectivity index (χ4v) is 9.21. The van der Waals surface area contributed by atoms with Gasteiger partial charge in [-0.1, -0.05) is 170 Å². The predicted octanol–water partition coefficient (Wildman–Crippen LogP) is 14.7. The van der Waals surface area contributed by atoms with Crippen molar-refractivity contribution in [2.75, 3.05) is 0 Å². The predicted molar refractivity (Wildman–Crippen MR) is 238 cm³/mol. The minimum atomic E-state index is 0.712. The second kappa shape index (κ2) is 12.0. The molecule has 0 saturated carbocycles. The number of nitrogens with zero attached hydrogens (tertiary/aromatic N) is 2. The van der Waals surface area contributed by atoms with E-state index >= 15 is 0 Å². The maximum atomic E-state index is 5.22.